The van der Waals surface area contributed by atoms with Crippen molar-refractivity contribution in [3.05, 3.63) is 23.9 Å². The van der Waals surface area contributed by atoms with Crippen molar-refractivity contribution in [1.29, 1.82) is 0 Å². The summed E-state index contributed by atoms with van der Waals surface area (Å²) in [6.45, 7) is 4.00. The van der Waals surface area contributed by atoms with Crippen LogP contribution in [-0.4, -0.2) is 29.3 Å². The van der Waals surface area contributed by atoms with E-state index in [1.807, 2.05) is 19.1 Å². The van der Waals surface area contributed by atoms with Crippen molar-refractivity contribution in [3.63, 3.8) is 0 Å². The quantitative estimate of drug-likeness (QED) is 0.856. The number of hydrogen-bond acceptors (Lipinski definition) is 4. The molecule has 0 radical (unpaired) electrons. The van der Waals surface area contributed by atoms with Crippen LogP contribution in [0.5, 0.6) is 5.88 Å². The lowest BCUT2D eigenvalue weighted by Gasteiger charge is -2.26. The number of nitrogens with one attached hydrogen (secondary N) is 1. The molecule has 1 aliphatic rings. The minimum absolute atomic E-state index is 0.364. The molecule has 1 aliphatic heterocycles. The monoisotopic (exact) mass is 250 g/mol. The first-order valence-electron chi connectivity index (χ1n) is 6.51. The van der Waals surface area contributed by atoms with Gasteiger partial charge in [0.05, 0.1) is 12.8 Å². The molecule has 0 spiro atoms. The molecule has 2 N–H and O–H groups in total. The summed E-state index contributed by atoms with van der Waals surface area (Å²) in [5.74, 6) is 0.542. The molecule has 1 saturated heterocycles. The number of pyridine rings is 1. The van der Waals surface area contributed by atoms with Crippen LogP contribution in [-0.2, 0) is 5.60 Å². The van der Waals surface area contributed by atoms with Crippen molar-refractivity contribution in [2.24, 2.45) is 0 Å². The van der Waals surface area contributed by atoms with Gasteiger partial charge >= 0.3 is 0 Å². The van der Waals surface area contributed by atoms with Gasteiger partial charge in [0.2, 0.25) is 5.88 Å². The van der Waals surface area contributed by atoms with E-state index in [9.17, 15) is 5.11 Å². The lowest BCUT2D eigenvalue weighted by atomic mass is 9.92. The molecule has 2 rings (SSSR count). The first-order chi connectivity index (χ1) is 8.51. The van der Waals surface area contributed by atoms with Crippen molar-refractivity contribution < 1.29 is 9.84 Å². The molecule has 1 aromatic rings. The van der Waals surface area contributed by atoms with E-state index < -0.39 is 5.60 Å². The van der Waals surface area contributed by atoms with Gasteiger partial charge in [-0.2, -0.15) is 0 Å². The lowest BCUT2D eigenvalue weighted by molar-refractivity contribution is 0.0333. The average molecular weight is 250 g/mol. The third-order valence-electron chi connectivity index (χ3n) is 3.60. The summed E-state index contributed by atoms with van der Waals surface area (Å²) >= 11 is 0. The Bertz CT molecular complexity index is 407. The van der Waals surface area contributed by atoms with Gasteiger partial charge in [-0.05, 0) is 39.2 Å². The number of aromatic nitrogens is 1. The first kappa shape index (κ1) is 13.3. The molecule has 18 heavy (non-hydrogen) atoms. The average Bonchev–Trinajstić information content (AvgIpc) is 2.74. The summed E-state index contributed by atoms with van der Waals surface area (Å²) in [5.41, 5.74) is -0.251. The van der Waals surface area contributed by atoms with Crippen molar-refractivity contribution in [2.45, 2.75) is 50.8 Å². The van der Waals surface area contributed by atoms with E-state index >= 15 is 0 Å². The Morgan fingerprint density at radius 1 is 1.50 bits per heavy atom. The Labute approximate surface area is 108 Å². The largest absolute Gasteiger partial charge is 0.481 e. The van der Waals surface area contributed by atoms with Crippen LogP contribution in [0.2, 0.25) is 0 Å². The Kier molecular flexibility index (Phi) is 3.88. The molecule has 1 aromatic heterocycles. The zero-order valence-corrected chi connectivity index (χ0v) is 11.3. The third-order valence-corrected chi connectivity index (χ3v) is 3.60. The highest BCUT2D eigenvalue weighted by molar-refractivity contribution is 5.20. The molecule has 2 heterocycles. The van der Waals surface area contributed by atoms with Crippen molar-refractivity contribution >= 4 is 0 Å². The van der Waals surface area contributed by atoms with Crippen LogP contribution < -0.4 is 10.1 Å². The maximum Gasteiger partial charge on any atom is 0.213 e. The van der Waals surface area contributed by atoms with Gasteiger partial charge in [0.25, 0.3) is 0 Å². The number of rotatable bonds is 4. The molecule has 0 saturated carbocycles. The van der Waals surface area contributed by atoms with Crippen LogP contribution in [0.3, 0.4) is 0 Å². The molecule has 4 heteroatoms. The Hall–Kier alpha value is -1.13. The molecular weight excluding hydrogens is 228 g/mol. The zero-order chi connectivity index (χ0) is 13.2. The van der Waals surface area contributed by atoms with Crippen LogP contribution in [0.1, 0.15) is 38.8 Å². The molecule has 3 unspecified atom stereocenters. The van der Waals surface area contributed by atoms with Crippen LogP contribution in [0.4, 0.5) is 0 Å². The van der Waals surface area contributed by atoms with Crippen molar-refractivity contribution in [2.75, 3.05) is 7.11 Å². The number of nitrogens with zero attached hydrogens (tertiary/aromatic N) is 1. The second-order valence-corrected chi connectivity index (χ2v) is 5.39. The highest BCUT2D eigenvalue weighted by atomic mass is 16.5. The van der Waals surface area contributed by atoms with E-state index in [0.29, 0.717) is 30.1 Å². The summed E-state index contributed by atoms with van der Waals surface area (Å²) in [6, 6.07) is 6.41. The molecule has 0 aromatic carbocycles. The van der Waals surface area contributed by atoms with E-state index in [1.165, 1.54) is 6.42 Å². The van der Waals surface area contributed by atoms with E-state index in [-0.39, 0.29) is 0 Å². The predicted octanol–water partition coefficient (Wildman–Crippen LogP) is 1.83. The van der Waals surface area contributed by atoms with Crippen LogP contribution >= 0.6 is 0 Å². The molecule has 4 nitrogen and oxygen atoms in total. The second-order valence-electron chi connectivity index (χ2n) is 5.39. The molecule has 3 atom stereocenters. The molecule has 0 amide bonds. The second kappa shape index (κ2) is 5.24. The summed E-state index contributed by atoms with van der Waals surface area (Å²) in [4.78, 5) is 4.32. The number of ether oxygens (including phenoxy) is 1. The SMILES string of the molecule is COc1cccc(C(C)(O)CC2CCC(C)N2)n1. The summed E-state index contributed by atoms with van der Waals surface area (Å²) in [7, 11) is 1.58. The fraction of sp³-hybridized carbons (Fsp3) is 0.643. The minimum Gasteiger partial charge on any atom is -0.481 e. The number of hydrogen-bond donors (Lipinski definition) is 2. The van der Waals surface area contributed by atoms with Gasteiger partial charge in [-0.1, -0.05) is 6.07 Å². The van der Waals surface area contributed by atoms with E-state index in [1.54, 1.807) is 13.2 Å². The highest BCUT2D eigenvalue weighted by Gasteiger charge is 2.32. The van der Waals surface area contributed by atoms with Crippen LogP contribution in [0.25, 0.3) is 0 Å². The van der Waals surface area contributed by atoms with Gasteiger partial charge in [-0.15, -0.1) is 0 Å². The maximum absolute atomic E-state index is 10.6. The summed E-state index contributed by atoms with van der Waals surface area (Å²) in [5, 5.41) is 14.1. The Balaban J connectivity index is 2.09. The van der Waals surface area contributed by atoms with Gasteiger partial charge in [0.1, 0.15) is 5.60 Å². The van der Waals surface area contributed by atoms with Crippen molar-refractivity contribution in [3.8, 4) is 5.88 Å². The smallest absolute Gasteiger partial charge is 0.213 e. The zero-order valence-electron chi connectivity index (χ0n) is 11.3. The summed E-state index contributed by atoms with van der Waals surface area (Å²) in [6.07, 6.45) is 2.96. The molecular formula is C14H22N2O2. The first-order valence-corrected chi connectivity index (χ1v) is 6.51. The fourth-order valence-electron chi connectivity index (χ4n) is 2.59. The Morgan fingerprint density at radius 3 is 2.89 bits per heavy atom. The maximum atomic E-state index is 10.6. The Morgan fingerprint density at radius 2 is 2.28 bits per heavy atom. The number of aliphatic hydroxyl groups is 1. The lowest BCUT2D eigenvalue weighted by Crippen LogP contribution is -2.35. The molecule has 1 fully saturated rings. The topological polar surface area (TPSA) is 54.4 Å². The van der Waals surface area contributed by atoms with E-state index in [4.69, 9.17) is 4.74 Å². The minimum atomic E-state index is -0.920. The highest BCUT2D eigenvalue weighted by Crippen LogP contribution is 2.29. The van der Waals surface area contributed by atoms with Crippen molar-refractivity contribution in [1.82, 2.24) is 10.3 Å². The molecule has 100 valence electrons. The third kappa shape index (κ3) is 3.00. The van der Waals surface area contributed by atoms with Gasteiger partial charge in [0.15, 0.2) is 0 Å². The van der Waals surface area contributed by atoms with E-state index in [0.717, 1.165) is 6.42 Å². The standard InChI is InChI=1S/C14H22N2O2/c1-10-7-8-11(15-10)9-14(2,17)12-5-4-6-13(16-12)18-3/h4-6,10-11,15,17H,7-9H2,1-3H3. The number of methoxy groups -OCH3 is 1. The van der Waals surface area contributed by atoms with Crippen LogP contribution in [0, 0.1) is 0 Å². The van der Waals surface area contributed by atoms with E-state index in [2.05, 4.69) is 17.2 Å². The van der Waals surface area contributed by atoms with Gasteiger partial charge < -0.3 is 15.2 Å². The molecule has 0 bridgehead atoms. The van der Waals surface area contributed by atoms with Gasteiger partial charge in [0, 0.05) is 18.2 Å². The predicted molar refractivity (Wildman–Crippen MR) is 70.6 cm³/mol. The molecule has 0 aliphatic carbocycles. The van der Waals surface area contributed by atoms with Gasteiger partial charge in [-0.25, -0.2) is 4.98 Å². The van der Waals surface area contributed by atoms with Crippen LogP contribution in [0.15, 0.2) is 18.2 Å². The summed E-state index contributed by atoms with van der Waals surface area (Å²) < 4.78 is 5.10. The van der Waals surface area contributed by atoms with Gasteiger partial charge in [-0.3, -0.25) is 0 Å². The fourth-order valence-corrected chi connectivity index (χ4v) is 2.59. The normalized spacial score (nSPS) is 26.9.